The predicted octanol–water partition coefficient (Wildman–Crippen LogP) is 3.51. The molecule has 0 saturated carbocycles. The van der Waals surface area contributed by atoms with E-state index in [9.17, 15) is 9.18 Å². The van der Waals surface area contributed by atoms with E-state index in [1.807, 2.05) is 30.3 Å². The van der Waals surface area contributed by atoms with Crippen molar-refractivity contribution in [3.05, 3.63) is 95.6 Å². The molecule has 8 nitrogen and oxygen atoms in total. The molecule has 5 aromatic rings. The zero-order chi connectivity index (χ0) is 22.8. The van der Waals surface area contributed by atoms with Crippen LogP contribution in [-0.2, 0) is 6.54 Å². The molecule has 1 amide bonds. The summed E-state index contributed by atoms with van der Waals surface area (Å²) in [6.45, 7) is 0.200. The van der Waals surface area contributed by atoms with Crippen LogP contribution in [-0.4, -0.2) is 31.7 Å². The molecule has 3 heterocycles. The van der Waals surface area contributed by atoms with E-state index in [0.717, 1.165) is 11.1 Å². The van der Waals surface area contributed by atoms with Crippen LogP contribution in [0.2, 0.25) is 0 Å². The van der Waals surface area contributed by atoms with Crippen molar-refractivity contribution >= 4 is 40.1 Å². The first-order chi connectivity index (χ1) is 16.1. The molecule has 0 fully saturated rings. The number of amides is 1. The van der Waals surface area contributed by atoms with Crippen LogP contribution in [0, 0.1) is 5.82 Å². The minimum absolute atomic E-state index is 0.108. The highest BCUT2D eigenvalue weighted by Crippen LogP contribution is 2.28. The molecule has 3 N–H and O–H groups in total. The van der Waals surface area contributed by atoms with Crippen LogP contribution in [0.1, 0.15) is 21.5 Å². The summed E-state index contributed by atoms with van der Waals surface area (Å²) < 4.78 is 14.6. The van der Waals surface area contributed by atoms with Gasteiger partial charge in [-0.15, -0.1) is 0 Å². The van der Waals surface area contributed by atoms with Crippen molar-refractivity contribution in [3.63, 3.8) is 0 Å². The Kier molecular flexibility index (Phi) is 5.19. The van der Waals surface area contributed by atoms with E-state index >= 15 is 0 Å². The van der Waals surface area contributed by atoms with E-state index in [-0.39, 0.29) is 23.7 Å². The molecule has 0 saturated heterocycles. The molecule has 0 aliphatic heterocycles. The molecule has 0 aliphatic carbocycles. The first-order valence-corrected chi connectivity index (χ1v) is 10.1. The predicted molar refractivity (Wildman–Crippen MR) is 124 cm³/mol. The van der Waals surface area contributed by atoms with Crippen molar-refractivity contribution in [1.29, 1.82) is 0 Å². The Morgan fingerprint density at radius 3 is 2.55 bits per heavy atom. The smallest absolute Gasteiger partial charge is 0.257 e. The number of carbonyl (C=O) groups excluding carboxylic acids is 1. The highest BCUT2D eigenvalue weighted by Gasteiger charge is 2.24. The molecular weight excluding hydrogens is 421 g/mol. The summed E-state index contributed by atoms with van der Waals surface area (Å²) in [5, 5.41) is 7.26. The monoisotopic (exact) mass is 439 g/mol. The van der Waals surface area contributed by atoms with Gasteiger partial charge in [-0.25, -0.2) is 14.4 Å². The number of benzene rings is 2. The molecule has 9 heteroatoms. The van der Waals surface area contributed by atoms with Crippen molar-refractivity contribution in [3.8, 4) is 0 Å². The number of nitrogens with zero attached hydrogens (tertiary/aromatic N) is 5. The zero-order valence-electron chi connectivity index (χ0n) is 17.3. The number of hydrogen-bond acceptors (Lipinski definition) is 6. The number of para-hydroxylation sites is 2. The highest BCUT2D eigenvalue weighted by atomic mass is 19.1. The molecule has 0 spiro atoms. The van der Waals surface area contributed by atoms with Gasteiger partial charge in [0, 0.05) is 24.5 Å². The topological polar surface area (TPSA) is 111 Å². The second-order valence-electron chi connectivity index (χ2n) is 7.30. The number of nitrogens with two attached hydrogens (primary N) is 1. The van der Waals surface area contributed by atoms with E-state index in [0.29, 0.717) is 22.2 Å². The number of nitrogen functional groups attached to an aromatic ring is 1. The fourth-order valence-electron chi connectivity index (χ4n) is 3.44. The van der Waals surface area contributed by atoms with Gasteiger partial charge in [0.25, 0.3) is 5.91 Å². The minimum Gasteiger partial charge on any atom is -0.383 e. The van der Waals surface area contributed by atoms with E-state index in [1.165, 1.54) is 16.8 Å². The summed E-state index contributed by atoms with van der Waals surface area (Å²) in [6, 6.07) is 16.9. The standard InChI is InChI=1S/C24H18FN7O/c25-17-9-7-15(8-10-17)13-28-24(33)20-21-23(31-19-6-2-1-5-18(19)30-21)32(22(20)26)29-14-16-4-3-11-27-12-16/h1-12,14H,13,26H2,(H,28,33). The third-order valence-electron chi connectivity index (χ3n) is 5.07. The summed E-state index contributed by atoms with van der Waals surface area (Å²) in [5.41, 5.74) is 10.0. The molecule has 3 aromatic heterocycles. The third-order valence-corrected chi connectivity index (χ3v) is 5.07. The average molecular weight is 439 g/mol. The first kappa shape index (κ1) is 20.3. The largest absolute Gasteiger partial charge is 0.383 e. The Bertz CT molecular complexity index is 1490. The second kappa shape index (κ2) is 8.46. The zero-order valence-corrected chi connectivity index (χ0v) is 17.3. The Balaban J connectivity index is 1.58. The highest BCUT2D eigenvalue weighted by molar-refractivity contribution is 6.10. The van der Waals surface area contributed by atoms with Gasteiger partial charge in [0.05, 0.1) is 17.2 Å². The Morgan fingerprint density at radius 1 is 1.06 bits per heavy atom. The quantitative estimate of drug-likeness (QED) is 0.407. The lowest BCUT2D eigenvalue weighted by atomic mass is 10.2. The first-order valence-electron chi connectivity index (χ1n) is 10.1. The summed E-state index contributed by atoms with van der Waals surface area (Å²) >= 11 is 0. The van der Waals surface area contributed by atoms with Gasteiger partial charge in [-0.1, -0.05) is 30.3 Å². The van der Waals surface area contributed by atoms with Gasteiger partial charge in [0.2, 0.25) is 0 Å². The van der Waals surface area contributed by atoms with Gasteiger partial charge in [-0.2, -0.15) is 9.78 Å². The van der Waals surface area contributed by atoms with Gasteiger partial charge in [0.1, 0.15) is 22.7 Å². The van der Waals surface area contributed by atoms with Gasteiger partial charge in [-0.05, 0) is 35.9 Å². The normalized spacial score (nSPS) is 11.4. The number of nitrogens with one attached hydrogen (secondary N) is 1. The maximum Gasteiger partial charge on any atom is 0.257 e. The fraction of sp³-hybridized carbons (Fsp3) is 0.0417. The molecule has 0 bridgehead atoms. The van der Waals surface area contributed by atoms with Crippen LogP contribution in [0.4, 0.5) is 10.2 Å². The maximum atomic E-state index is 13.2. The van der Waals surface area contributed by atoms with Gasteiger partial charge < -0.3 is 11.1 Å². The molecule has 33 heavy (non-hydrogen) atoms. The lowest BCUT2D eigenvalue weighted by Gasteiger charge is -2.06. The van der Waals surface area contributed by atoms with Crippen LogP contribution in [0.15, 0.2) is 78.2 Å². The van der Waals surface area contributed by atoms with E-state index in [4.69, 9.17) is 5.73 Å². The Hall–Kier alpha value is -4.66. The summed E-state index contributed by atoms with van der Waals surface area (Å²) in [5.74, 6) is -0.662. The summed E-state index contributed by atoms with van der Waals surface area (Å²) in [6.07, 6.45) is 4.90. The minimum atomic E-state index is -0.429. The molecule has 2 aromatic carbocycles. The Morgan fingerprint density at radius 2 is 1.82 bits per heavy atom. The van der Waals surface area contributed by atoms with E-state index < -0.39 is 5.91 Å². The number of hydrogen-bond donors (Lipinski definition) is 2. The van der Waals surface area contributed by atoms with E-state index in [2.05, 4.69) is 25.4 Å². The fourth-order valence-corrected chi connectivity index (χ4v) is 3.44. The molecule has 0 radical (unpaired) electrons. The average Bonchev–Trinajstić information content (AvgIpc) is 3.11. The molecule has 5 rings (SSSR count). The third kappa shape index (κ3) is 3.99. The van der Waals surface area contributed by atoms with Crippen LogP contribution >= 0.6 is 0 Å². The SMILES string of the molecule is Nc1c(C(=O)NCc2ccc(F)cc2)c2nc3ccccc3nc2n1N=Cc1cccnc1. The van der Waals surface area contributed by atoms with Crippen LogP contribution in [0.3, 0.4) is 0 Å². The van der Waals surface area contributed by atoms with Crippen LogP contribution in [0.5, 0.6) is 0 Å². The molecule has 0 aliphatic rings. The van der Waals surface area contributed by atoms with Gasteiger partial charge in [0.15, 0.2) is 5.65 Å². The van der Waals surface area contributed by atoms with Crippen LogP contribution in [0.25, 0.3) is 22.2 Å². The van der Waals surface area contributed by atoms with Crippen molar-refractivity contribution < 1.29 is 9.18 Å². The lowest BCUT2D eigenvalue weighted by molar-refractivity contribution is 0.0953. The lowest BCUT2D eigenvalue weighted by Crippen LogP contribution is -2.23. The molecule has 162 valence electrons. The van der Waals surface area contributed by atoms with Gasteiger partial charge in [-0.3, -0.25) is 9.78 Å². The summed E-state index contributed by atoms with van der Waals surface area (Å²) in [4.78, 5) is 26.5. The number of carbonyl (C=O) groups is 1. The summed E-state index contributed by atoms with van der Waals surface area (Å²) in [7, 11) is 0. The second-order valence-corrected chi connectivity index (χ2v) is 7.30. The van der Waals surface area contributed by atoms with Crippen LogP contribution < -0.4 is 11.1 Å². The van der Waals surface area contributed by atoms with Crippen molar-refractivity contribution in [2.45, 2.75) is 6.54 Å². The number of aromatic nitrogens is 4. The van der Waals surface area contributed by atoms with Crippen molar-refractivity contribution in [2.24, 2.45) is 5.10 Å². The Labute approximate surface area is 187 Å². The maximum absolute atomic E-state index is 13.2. The number of halogens is 1. The molecule has 0 atom stereocenters. The molecule has 0 unspecified atom stereocenters. The number of pyridine rings is 1. The molecular formula is C24H18FN7O. The van der Waals surface area contributed by atoms with Crippen molar-refractivity contribution in [1.82, 2.24) is 24.9 Å². The number of anilines is 1. The van der Waals surface area contributed by atoms with Gasteiger partial charge >= 0.3 is 0 Å². The van der Waals surface area contributed by atoms with Crippen molar-refractivity contribution in [2.75, 3.05) is 5.73 Å². The number of fused-ring (bicyclic) bond motifs is 2. The number of rotatable bonds is 5. The van der Waals surface area contributed by atoms with E-state index in [1.54, 1.807) is 36.8 Å².